The van der Waals surface area contributed by atoms with Crippen LogP contribution in [-0.4, -0.2) is 29.2 Å². The standard InChI is InChI=1S/C7H8N4/c1-2-6-10-8-4-5-9-11(10)7-3-1/h1-6H,7H2. The number of rotatable bonds is 0. The minimum absolute atomic E-state index is 0.765. The van der Waals surface area contributed by atoms with Gasteiger partial charge in [-0.05, 0) is 6.08 Å². The van der Waals surface area contributed by atoms with Crippen molar-refractivity contribution in [2.24, 2.45) is 10.2 Å². The molecule has 0 aromatic heterocycles. The Morgan fingerprint density at radius 3 is 3.00 bits per heavy atom. The molecule has 56 valence electrons. The van der Waals surface area contributed by atoms with Gasteiger partial charge in [-0.3, -0.25) is 0 Å². The monoisotopic (exact) mass is 148 g/mol. The van der Waals surface area contributed by atoms with Gasteiger partial charge in [0.25, 0.3) is 0 Å². The van der Waals surface area contributed by atoms with Crippen LogP contribution in [0.25, 0.3) is 0 Å². The van der Waals surface area contributed by atoms with Gasteiger partial charge in [0.15, 0.2) is 0 Å². The molecule has 0 aromatic carbocycles. The van der Waals surface area contributed by atoms with Crippen LogP contribution in [0.3, 0.4) is 0 Å². The Hall–Kier alpha value is -1.58. The second-order valence-corrected chi connectivity index (χ2v) is 2.17. The van der Waals surface area contributed by atoms with E-state index in [1.807, 2.05) is 24.4 Å². The lowest BCUT2D eigenvalue weighted by molar-refractivity contribution is 0.0402. The summed E-state index contributed by atoms with van der Waals surface area (Å²) in [5.41, 5.74) is 0. The number of allylic oxidation sites excluding steroid dienone is 2. The minimum atomic E-state index is 0.765. The summed E-state index contributed by atoms with van der Waals surface area (Å²) in [5, 5.41) is 11.6. The molecule has 0 unspecified atom stereocenters. The highest BCUT2D eigenvalue weighted by atomic mass is 15.9. The van der Waals surface area contributed by atoms with Crippen molar-refractivity contribution in [1.82, 2.24) is 10.2 Å². The van der Waals surface area contributed by atoms with Crippen LogP contribution in [0.5, 0.6) is 0 Å². The first kappa shape index (κ1) is 6.15. The molecule has 2 aliphatic rings. The van der Waals surface area contributed by atoms with Crippen molar-refractivity contribution in [2.75, 3.05) is 6.54 Å². The number of fused-ring (bicyclic) bond motifs is 1. The van der Waals surface area contributed by atoms with Crippen molar-refractivity contribution >= 4 is 12.4 Å². The van der Waals surface area contributed by atoms with Crippen LogP contribution in [0.2, 0.25) is 0 Å². The molecule has 4 heteroatoms. The molecule has 0 fully saturated rings. The van der Waals surface area contributed by atoms with E-state index in [9.17, 15) is 0 Å². The molecular weight excluding hydrogens is 140 g/mol. The van der Waals surface area contributed by atoms with Crippen molar-refractivity contribution in [3.63, 3.8) is 0 Å². The SMILES string of the molecule is C1=CCN2N=CC=NN2C=C1. The molecular formula is C7H8N4. The second-order valence-electron chi connectivity index (χ2n) is 2.17. The van der Waals surface area contributed by atoms with E-state index in [2.05, 4.69) is 10.2 Å². The zero-order chi connectivity index (χ0) is 7.52. The Balaban J connectivity index is 2.23. The lowest BCUT2D eigenvalue weighted by Crippen LogP contribution is -2.32. The van der Waals surface area contributed by atoms with Crippen LogP contribution in [0.1, 0.15) is 0 Å². The number of nitrogens with zero attached hydrogens (tertiary/aromatic N) is 4. The lowest BCUT2D eigenvalue weighted by atomic mass is 10.5. The minimum Gasteiger partial charge on any atom is -0.181 e. The number of hydrogen-bond donors (Lipinski definition) is 0. The molecule has 2 aliphatic heterocycles. The van der Waals surface area contributed by atoms with E-state index in [0.29, 0.717) is 0 Å². The van der Waals surface area contributed by atoms with E-state index in [1.165, 1.54) is 0 Å². The average molecular weight is 148 g/mol. The van der Waals surface area contributed by atoms with Gasteiger partial charge in [0.05, 0.1) is 19.0 Å². The van der Waals surface area contributed by atoms with E-state index in [4.69, 9.17) is 0 Å². The Morgan fingerprint density at radius 2 is 2.00 bits per heavy atom. The number of hydrogen-bond acceptors (Lipinski definition) is 4. The molecule has 0 atom stereocenters. The third-order valence-corrected chi connectivity index (χ3v) is 1.42. The Labute approximate surface area is 64.8 Å². The largest absolute Gasteiger partial charge is 0.181 e. The smallest absolute Gasteiger partial charge is 0.0791 e. The summed E-state index contributed by atoms with van der Waals surface area (Å²) in [6.07, 6.45) is 11.1. The van der Waals surface area contributed by atoms with Crippen molar-refractivity contribution in [3.05, 3.63) is 24.4 Å². The molecule has 0 radical (unpaired) electrons. The molecule has 4 nitrogen and oxygen atoms in total. The van der Waals surface area contributed by atoms with Gasteiger partial charge in [-0.25, -0.2) is 0 Å². The highest BCUT2D eigenvalue weighted by Crippen LogP contribution is 2.06. The van der Waals surface area contributed by atoms with Crippen LogP contribution in [0.4, 0.5) is 0 Å². The molecule has 0 N–H and O–H groups in total. The zero-order valence-corrected chi connectivity index (χ0v) is 5.96. The molecule has 0 saturated carbocycles. The highest BCUT2D eigenvalue weighted by molar-refractivity contribution is 6.16. The van der Waals surface area contributed by atoms with Gasteiger partial charge in [0.1, 0.15) is 0 Å². The first-order valence-corrected chi connectivity index (χ1v) is 3.43. The number of hydrazone groups is 2. The van der Waals surface area contributed by atoms with E-state index in [0.717, 1.165) is 6.54 Å². The van der Waals surface area contributed by atoms with Gasteiger partial charge < -0.3 is 0 Å². The summed E-state index contributed by atoms with van der Waals surface area (Å²) in [6.45, 7) is 0.765. The Bertz CT molecular complexity index is 251. The summed E-state index contributed by atoms with van der Waals surface area (Å²) in [7, 11) is 0. The predicted octanol–water partition coefficient (Wildman–Crippen LogP) is 0.574. The third-order valence-electron chi connectivity index (χ3n) is 1.42. The Morgan fingerprint density at radius 1 is 1.09 bits per heavy atom. The fourth-order valence-electron chi connectivity index (χ4n) is 0.924. The van der Waals surface area contributed by atoms with Gasteiger partial charge >= 0.3 is 0 Å². The molecule has 11 heavy (non-hydrogen) atoms. The van der Waals surface area contributed by atoms with Crippen molar-refractivity contribution in [2.45, 2.75) is 0 Å². The molecule has 0 bridgehead atoms. The molecule has 0 aromatic rings. The maximum atomic E-state index is 4.09. The van der Waals surface area contributed by atoms with Crippen molar-refractivity contribution < 1.29 is 0 Å². The molecule has 2 rings (SSSR count). The maximum absolute atomic E-state index is 4.09. The van der Waals surface area contributed by atoms with Crippen molar-refractivity contribution in [1.29, 1.82) is 0 Å². The summed E-state index contributed by atoms with van der Waals surface area (Å²) >= 11 is 0. The lowest BCUT2D eigenvalue weighted by Gasteiger charge is -2.26. The normalized spacial score (nSPS) is 20.4. The van der Waals surface area contributed by atoms with E-state index in [1.54, 1.807) is 22.7 Å². The van der Waals surface area contributed by atoms with Crippen LogP contribution in [0.15, 0.2) is 34.6 Å². The summed E-state index contributed by atoms with van der Waals surface area (Å²) in [6, 6.07) is 0. The van der Waals surface area contributed by atoms with E-state index >= 15 is 0 Å². The van der Waals surface area contributed by atoms with Crippen molar-refractivity contribution in [3.8, 4) is 0 Å². The van der Waals surface area contributed by atoms with E-state index < -0.39 is 0 Å². The number of hydrazine groups is 1. The van der Waals surface area contributed by atoms with Crippen LogP contribution in [0, 0.1) is 0 Å². The van der Waals surface area contributed by atoms with Crippen LogP contribution < -0.4 is 0 Å². The molecule has 0 saturated heterocycles. The first-order valence-electron chi connectivity index (χ1n) is 3.43. The second kappa shape index (κ2) is 2.57. The molecule has 2 heterocycles. The summed E-state index contributed by atoms with van der Waals surface area (Å²) < 4.78 is 0. The van der Waals surface area contributed by atoms with Gasteiger partial charge in [0, 0.05) is 6.20 Å². The fraction of sp³-hybridized carbons (Fsp3) is 0.143. The van der Waals surface area contributed by atoms with Gasteiger partial charge in [-0.15, -0.1) is 0 Å². The maximum Gasteiger partial charge on any atom is 0.0791 e. The van der Waals surface area contributed by atoms with Crippen LogP contribution in [-0.2, 0) is 0 Å². The molecule has 0 aliphatic carbocycles. The average Bonchev–Trinajstić information content (AvgIpc) is 2.28. The summed E-state index contributed by atoms with van der Waals surface area (Å²) in [4.78, 5) is 0. The quantitative estimate of drug-likeness (QED) is 0.503. The van der Waals surface area contributed by atoms with Gasteiger partial charge in [0.2, 0.25) is 0 Å². The highest BCUT2D eigenvalue weighted by Gasteiger charge is 2.08. The van der Waals surface area contributed by atoms with Crippen LogP contribution >= 0.6 is 0 Å². The predicted molar refractivity (Wildman–Crippen MR) is 43.8 cm³/mol. The third kappa shape index (κ3) is 1.14. The first-order chi connectivity index (χ1) is 5.47. The topological polar surface area (TPSA) is 31.2 Å². The van der Waals surface area contributed by atoms with Gasteiger partial charge in [-0.1, -0.05) is 12.2 Å². The fourth-order valence-corrected chi connectivity index (χ4v) is 0.924. The van der Waals surface area contributed by atoms with E-state index in [-0.39, 0.29) is 0 Å². The Kier molecular flexibility index (Phi) is 1.44. The summed E-state index contributed by atoms with van der Waals surface area (Å²) in [5.74, 6) is 0. The molecule has 0 amide bonds. The zero-order valence-electron chi connectivity index (χ0n) is 5.96. The van der Waals surface area contributed by atoms with Gasteiger partial charge in [-0.2, -0.15) is 20.4 Å². The molecule has 0 spiro atoms.